The van der Waals surface area contributed by atoms with Crippen molar-refractivity contribution in [2.24, 2.45) is 0 Å². The summed E-state index contributed by atoms with van der Waals surface area (Å²) in [7, 11) is 0. The molecule has 0 aliphatic heterocycles. The van der Waals surface area contributed by atoms with E-state index in [1.807, 2.05) is 6.92 Å². The first-order valence-electron chi connectivity index (χ1n) is 4.80. The van der Waals surface area contributed by atoms with Gasteiger partial charge in [-0.25, -0.2) is 0 Å². The minimum absolute atomic E-state index is 0.176. The highest BCUT2D eigenvalue weighted by molar-refractivity contribution is 4.82. The Bertz CT molecular complexity index is 139. The molecule has 14 heavy (non-hydrogen) atoms. The van der Waals surface area contributed by atoms with Crippen molar-refractivity contribution in [3.05, 3.63) is 0 Å². The predicted molar refractivity (Wildman–Crippen MR) is 53.1 cm³/mol. The number of aliphatic hydroxyl groups excluding tert-OH is 3. The summed E-state index contributed by atoms with van der Waals surface area (Å²) < 4.78 is 5.01. The Labute approximate surface area is 84.7 Å². The monoisotopic (exact) mass is 207 g/mol. The lowest BCUT2D eigenvalue weighted by Crippen LogP contribution is -2.51. The van der Waals surface area contributed by atoms with Crippen LogP contribution in [0.3, 0.4) is 0 Å². The van der Waals surface area contributed by atoms with E-state index in [0.29, 0.717) is 6.61 Å². The Balaban J connectivity index is 3.68. The second kappa shape index (κ2) is 7.14. The zero-order valence-corrected chi connectivity index (χ0v) is 8.86. The highest BCUT2D eigenvalue weighted by Crippen LogP contribution is 2.00. The van der Waals surface area contributed by atoms with E-state index in [0.717, 1.165) is 0 Å². The topological polar surface area (TPSA) is 82.0 Å². The SMILES string of the molecule is CCOCC(O)CNC(C)(CO)CO. The zero-order chi connectivity index (χ0) is 11.0. The van der Waals surface area contributed by atoms with E-state index in [9.17, 15) is 5.11 Å². The molecule has 4 N–H and O–H groups in total. The molecule has 0 aromatic carbocycles. The van der Waals surface area contributed by atoms with E-state index >= 15 is 0 Å². The Morgan fingerprint density at radius 2 is 1.93 bits per heavy atom. The van der Waals surface area contributed by atoms with Gasteiger partial charge < -0.3 is 25.4 Å². The first-order valence-corrected chi connectivity index (χ1v) is 4.80. The zero-order valence-electron chi connectivity index (χ0n) is 8.86. The van der Waals surface area contributed by atoms with E-state index in [1.165, 1.54) is 0 Å². The van der Waals surface area contributed by atoms with Gasteiger partial charge in [-0.05, 0) is 13.8 Å². The summed E-state index contributed by atoms with van der Waals surface area (Å²) in [5.41, 5.74) is -0.743. The molecule has 0 amide bonds. The fourth-order valence-electron chi connectivity index (χ4n) is 0.839. The van der Waals surface area contributed by atoms with E-state index in [-0.39, 0.29) is 26.4 Å². The summed E-state index contributed by atoms with van der Waals surface area (Å²) in [4.78, 5) is 0. The number of hydrogen-bond acceptors (Lipinski definition) is 5. The van der Waals surface area contributed by atoms with Crippen molar-refractivity contribution in [3.63, 3.8) is 0 Å². The molecular formula is C9H21NO4. The molecule has 1 unspecified atom stereocenters. The summed E-state index contributed by atoms with van der Waals surface area (Å²) in [6.45, 7) is 4.30. The van der Waals surface area contributed by atoms with Crippen molar-refractivity contribution in [1.82, 2.24) is 5.32 Å². The highest BCUT2D eigenvalue weighted by atomic mass is 16.5. The van der Waals surface area contributed by atoms with Crippen LogP contribution in [0.4, 0.5) is 0 Å². The maximum Gasteiger partial charge on any atom is 0.0897 e. The van der Waals surface area contributed by atoms with Crippen molar-refractivity contribution in [2.45, 2.75) is 25.5 Å². The molecule has 0 heterocycles. The molecule has 0 aliphatic carbocycles. The molecule has 1 atom stereocenters. The molecule has 86 valence electrons. The van der Waals surface area contributed by atoms with E-state index in [1.54, 1.807) is 6.92 Å². The summed E-state index contributed by atoms with van der Waals surface area (Å²) in [6, 6.07) is 0. The molecule has 5 heteroatoms. The molecule has 0 radical (unpaired) electrons. The number of hydrogen-bond donors (Lipinski definition) is 4. The molecule has 0 aliphatic rings. The Hall–Kier alpha value is -0.200. The number of aliphatic hydroxyl groups is 3. The third-order valence-electron chi connectivity index (χ3n) is 1.98. The van der Waals surface area contributed by atoms with Crippen molar-refractivity contribution in [1.29, 1.82) is 0 Å². The molecular weight excluding hydrogens is 186 g/mol. The van der Waals surface area contributed by atoms with Crippen LogP contribution in [0.15, 0.2) is 0 Å². The van der Waals surface area contributed by atoms with Gasteiger partial charge in [0.1, 0.15) is 0 Å². The molecule has 0 bridgehead atoms. The van der Waals surface area contributed by atoms with Crippen LogP contribution < -0.4 is 5.32 Å². The lowest BCUT2D eigenvalue weighted by atomic mass is 10.1. The van der Waals surface area contributed by atoms with Gasteiger partial charge >= 0.3 is 0 Å². The largest absolute Gasteiger partial charge is 0.394 e. The fourth-order valence-corrected chi connectivity index (χ4v) is 0.839. The Morgan fingerprint density at radius 3 is 2.36 bits per heavy atom. The number of rotatable bonds is 8. The third-order valence-corrected chi connectivity index (χ3v) is 1.98. The van der Waals surface area contributed by atoms with Crippen LogP contribution in [0.1, 0.15) is 13.8 Å². The third kappa shape index (κ3) is 5.51. The summed E-state index contributed by atoms with van der Waals surface area (Å²) in [6.07, 6.45) is -0.618. The minimum Gasteiger partial charge on any atom is -0.394 e. The molecule has 0 saturated heterocycles. The molecule has 0 spiro atoms. The first kappa shape index (κ1) is 13.8. The van der Waals surface area contributed by atoms with Gasteiger partial charge in [0.25, 0.3) is 0 Å². The smallest absolute Gasteiger partial charge is 0.0897 e. The average Bonchev–Trinajstić information content (AvgIpc) is 2.23. The van der Waals surface area contributed by atoms with E-state index in [2.05, 4.69) is 5.32 Å². The van der Waals surface area contributed by atoms with Crippen LogP contribution in [0.5, 0.6) is 0 Å². The van der Waals surface area contributed by atoms with Crippen LogP contribution in [0.2, 0.25) is 0 Å². The van der Waals surface area contributed by atoms with Crippen LogP contribution in [-0.2, 0) is 4.74 Å². The Kier molecular flexibility index (Phi) is 7.04. The number of β-amino-alcohol motifs (C(OH)–C–C–N with tert-alkyl or cyclic N) is 1. The van der Waals surface area contributed by atoms with Crippen molar-refractivity contribution >= 4 is 0 Å². The number of nitrogens with one attached hydrogen (secondary N) is 1. The standard InChI is InChI=1S/C9H21NO4/c1-3-14-5-8(13)4-10-9(2,6-11)7-12/h8,10-13H,3-7H2,1-2H3. The van der Waals surface area contributed by atoms with Gasteiger partial charge in [0, 0.05) is 13.2 Å². The Morgan fingerprint density at radius 1 is 1.36 bits per heavy atom. The first-order chi connectivity index (χ1) is 6.58. The van der Waals surface area contributed by atoms with E-state index < -0.39 is 11.6 Å². The van der Waals surface area contributed by atoms with Gasteiger partial charge in [0.05, 0.1) is 31.5 Å². The molecule has 0 saturated carbocycles. The number of ether oxygens (including phenoxy) is 1. The molecule has 5 nitrogen and oxygen atoms in total. The molecule has 0 aromatic heterocycles. The summed E-state index contributed by atoms with van der Waals surface area (Å²) in [5, 5.41) is 30.1. The van der Waals surface area contributed by atoms with Gasteiger partial charge in [-0.1, -0.05) is 0 Å². The van der Waals surface area contributed by atoms with Gasteiger partial charge in [0.15, 0.2) is 0 Å². The summed E-state index contributed by atoms with van der Waals surface area (Å²) in [5.74, 6) is 0. The fraction of sp³-hybridized carbons (Fsp3) is 1.00. The highest BCUT2D eigenvalue weighted by Gasteiger charge is 2.22. The van der Waals surface area contributed by atoms with Crippen LogP contribution in [-0.4, -0.2) is 59.9 Å². The van der Waals surface area contributed by atoms with Crippen LogP contribution in [0, 0.1) is 0 Å². The second-order valence-electron chi connectivity index (χ2n) is 3.57. The predicted octanol–water partition coefficient (Wildman–Crippen LogP) is -1.28. The van der Waals surface area contributed by atoms with Crippen LogP contribution >= 0.6 is 0 Å². The van der Waals surface area contributed by atoms with Crippen LogP contribution in [0.25, 0.3) is 0 Å². The molecule has 0 rings (SSSR count). The quantitative estimate of drug-likeness (QED) is 0.398. The maximum atomic E-state index is 9.38. The van der Waals surface area contributed by atoms with Crippen molar-refractivity contribution in [2.75, 3.05) is 33.0 Å². The lowest BCUT2D eigenvalue weighted by molar-refractivity contribution is 0.0292. The van der Waals surface area contributed by atoms with E-state index in [4.69, 9.17) is 14.9 Å². The minimum atomic E-state index is -0.743. The second-order valence-corrected chi connectivity index (χ2v) is 3.57. The normalized spacial score (nSPS) is 14.4. The molecule has 0 aromatic rings. The average molecular weight is 207 g/mol. The van der Waals surface area contributed by atoms with Crippen molar-refractivity contribution in [3.8, 4) is 0 Å². The van der Waals surface area contributed by atoms with Gasteiger partial charge in [0.2, 0.25) is 0 Å². The maximum absolute atomic E-state index is 9.38. The van der Waals surface area contributed by atoms with Gasteiger partial charge in [-0.15, -0.1) is 0 Å². The molecule has 0 fully saturated rings. The van der Waals surface area contributed by atoms with Gasteiger partial charge in [-0.2, -0.15) is 0 Å². The van der Waals surface area contributed by atoms with Crippen molar-refractivity contribution < 1.29 is 20.1 Å². The summed E-state index contributed by atoms with van der Waals surface area (Å²) >= 11 is 0. The lowest BCUT2D eigenvalue weighted by Gasteiger charge is -2.27. The van der Waals surface area contributed by atoms with Gasteiger partial charge in [-0.3, -0.25) is 0 Å².